The summed E-state index contributed by atoms with van der Waals surface area (Å²) < 4.78 is 1.86. The van der Waals surface area contributed by atoms with Gasteiger partial charge in [-0.1, -0.05) is 29.5 Å². The predicted octanol–water partition coefficient (Wildman–Crippen LogP) is 2.41. The number of amides is 1. The Morgan fingerprint density at radius 2 is 2.00 bits per heavy atom. The van der Waals surface area contributed by atoms with Crippen LogP contribution in [0.5, 0.6) is 5.75 Å². The number of carbonyl (C=O) groups excluding carboxylic acids is 1. The molecule has 26 heavy (non-hydrogen) atoms. The number of phenols is 1. The molecule has 0 fully saturated rings. The Bertz CT molecular complexity index is 950. The van der Waals surface area contributed by atoms with E-state index < -0.39 is 0 Å². The van der Waals surface area contributed by atoms with Gasteiger partial charge in [-0.3, -0.25) is 4.79 Å². The summed E-state index contributed by atoms with van der Waals surface area (Å²) in [4.78, 5) is 14.5. The first-order valence-corrected chi connectivity index (χ1v) is 8.67. The van der Waals surface area contributed by atoms with E-state index >= 15 is 0 Å². The average molecular weight is 348 g/mol. The highest BCUT2D eigenvalue weighted by Gasteiger charge is 2.26. The topological polar surface area (TPSA) is 71.2 Å². The molecule has 2 heterocycles. The van der Waals surface area contributed by atoms with Crippen molar-refractivity contribution in [3.8, 4) is 11.4 Å². The number of para-hydroxylation sites is 1. The van der Waals surface area contributed by atoms with Gasteiger partial charge in [0.25, 0.3) is 0 Å². The summed E-state index contributed by atoms with van der Waals surface area (Å²) in [6.07, 6.45) is 1.06. The monoisotopic (exact) mass is 348 g/mol. The van der Waals surface area contributed by atoms with Crippen molar-refractivity contribution in [2.24, 2.45) is 0 Å². The summed E-state index contributed by atoms with van der Waals surface area (Å²) in [7, 11) is 0. The Labute approximate surface area is 151 Å². The minimum Gasteiger partial charge on any atom is -0.508 e. The summed E-state index contributed by atoms with van der Waals surface area (Å²) in [5, 5.41) is 18.1. The Morgan fingerprint density at radius 3 is 2.77 bits per heavy atom. The molecule has 1 aromatic heterocycles. The molecule has 0 bridgehead atoms. The fraction of sp³-hybridized carbons (Fsp3) is 0.250. The first-order valence-electron chi connectivity index (χ1n) is 8.67. The number of phenolic OH excluding ortho intramolecular Hbond substituents is 1. The van der Waals surface area contributed by atoms with Crippen LogP contribution in [0.25, 0.3) is 5.69 Å². The summed E-state index contributed by atoms with van der Waals surface area (Å²) in [5.41, 5.74) is 4.77. The lowest BCUT2D eigenvalue weighted by atomic mass is 10.0. The second-order valence-electron chi connectivity index (χ2n) is 6.58. The lowest BCUT2D eigenvalue weighted by Crippen LogP contribution is -2.37. The highest BCUT2D eigenvalue weighted by Crippen LogP contribution is 2.22. The normalized spacial score (nSPS) is 13.5. The molecule has 0 spiro atoms. The average Bonchev–Trinajstić information content (AvgIpc) is 3.08. The van der Waals surface area contributed by atoms with Gasteiger partial charge in [-0.05, 0) is 42.3 Å². The van der Waals surface area contributed by atoms with Gasteiger partial charge in [-0.15, -0.1) is 5.10 Å². The van der Waals surface area contributed by atoms with Gasteiger partial charge < -0.3 is 10.0 Å². The molecule has 0 radical (unpaired) electrons. The molecule has 2 aromatic carbocycles. The minimum atomic E-state index is 0.0682. The van der Waals surface area contributed by atoms with Crippen molar-refractivity contribution in [1.82, 2.24) is 19.9 Å². The Balaban J connectivity index is 1.50. The smallest absolute Gasteiger partial charge is 0.227 e. The molecule has 0 unspecified atom stereocenters. The lowest BCUT2D eigenvalue weighted by Gasteiger charge is -2.26. The fourth-order valence-electron chi connectivity index (χ4n) is 3.35. The molecule has 0 saturated heterocycles. The van der Waals surface area contributed by atoms with Gasteiger partial charge in [-0.25, -0.2) is 4.68 Å². The van der Waals surface area contributed by atoms with Crippen LogP contribution in [0.3, 0.4) is 0 Å². The second-order valence-corrected chi connectivity index (χ2v) is 6.58. The number of carbonyl (C=O) groups is 1. The van der Waals surface area contributed by atoms with E-state index in [0.29, 0.717) is 19.5 Å². The number of aryl methyl sites for hydroxylation is 1. The van der Waals surface area contributed by atoms with Gasteiger partial charge in [0, 0.05) is 13.0 Å². The van der Waals surface area contributed by atoms with E-state index in [1.54, 1.807) is 12.1 Å². The molecule has 0 aliphatic carbocycles. The van der Waals surface area contributed by atoms with Gasteiger partial charge in [0.2, 0.25) is 5.91 Å². The number of rotatable bonds is 3. The SMILES string of the molecule is Cc1cc(O)ccc1CC(=O)N1CCc2c(nnn2-c2ccccc2)C1. The van der Waals surface area contributed by atoms with Crippen molar-refractivity contribution in [1.29, 1.82) is 0 Å². The number of aromatic hydroxyl groups is 1. The quantitative estimate of drug-likeness (QED) is 0.789. The molecule has 1 aliphatic heterocycles. The first-order chi connectivity index (χ1) is 12.6. The van der Waals surface area contributed by atoms with Gasteiger partial charge in [-0.2, -0.15) is 0 Å². The second kappa shape index (κ2) is 6.63. The number of benzene rings is 2. The van der Waals surface area contributed by atoms with Crippen LogP contribution in [0.15, 0.2) is 48.5 Å². The zero-order chi connectivity index (χ0) is 18.1. The molecule has 4 rings (SSSR count). The fourth-order valence-corrected chi connectivity index (χ4v) is 3.35. The minimum absolute atomic E-state index is 0.0682. The van der Waals surface area contributed by atoms with Gasteiger partial charge in [0.15, 0.2) is 0 Å². The zero-order valence-corrected chi connectivity index (χ0v) is 14.6. The Hall–Kier alpha value is -3.15. The molecular weight excluding hydrogens is 328 g/mol. The molecule has 132 valence electrons. The highest BCUT2D eigenvalue weighted by atomic mass is 16.3. The van der Waals surface area contributed by atoms with E-state index in [1.807, 2.05) is 52.9 Å². The first kappa shape index (κ1) is 16.3. The van der Waals surface area contributed by atoms with E-state index in [2.05, 4.69) is 10.3 Å². The van der Waals surface area contributed by atoms with Crippen molar-refractivity contribution in [2.75, 3.05) is 6.54 Å². The predicted molar refractivity (Wildman–Crippen MR) is 97.0 cm³/mol. The maximum Gasteiger partial charge on any atom is 0.227 e. The Kier molecular flexibility index (Phi) is 4.16. The van der Waals surface area contributed by atoms with Crippen molar-refractivity contribution in [3.05, 3.63) is 71.0 Å². The molecule has 1 N–H and O–H groups in total. The number of hydrogen-bond acceptors (Lipinski definition) is 4. The van der Waals surface area contributed by atoms with Crippen molar-refractivity contribution in [3.63, 3.8) is 0 Å². The third-order valence-corrected chi connectivity index (χ3v) is 4.82. The highest BCUT2D eigenvalue weighted by molar-refractivity contribution is 5.79. The molecule has 3 aromatic rings. The standard InChI is InChI=1S/C20H20N4O2/c1-14-11-17(25)8-7-15(14)12-20(26)23-10-9-19-18(13-23)21-22-24(19)16-5-3-2-4-6-16/h2-8,11,25H,9-10,12-13H2,1H3. The van der Waals surface area contributed by atoms with Crippen molar-refractivity contribution >= 4 is 5.91 Å². The number of aromatic nitrogens is 3. The summed E-state index contributed by atoms with van der Waals surface area (Å²) in [5.74, 6) is 0.289. The van der Waals surface area contributed by atoms with Crippen LogP contribution in [-0.2, 0) is 24.2 Å². The van der Waals surface area contributed by atoms with Gasteiger partial charge in [0.1, 0.15) is 11.4 Å². The van der Waals surface area contributed by atoms with Crippen LogP contribution >= 0.6 is 0 Å². The van der Waals surface area contributed by atoms with Gasteiger partial charge >= 0.3 is 0 Å². The lowest BCUT2D eigenvalue weighted by molar-refractivity contribution is -0.131. The maximum atomic E-state index is 12.7. The number of nitrogens with zero attached hydrogens (tertiary/aromatic N) is 4. The van der Waals surface area contributed by atoms with E-state index in [4.69, 9.17) is 0 Å². The van der Waals surface area contributed by atoms with Crippen LogP contribution in [-0.4, -0.2) is 37.5 Å². The summed E-state index contributed by atoms with van der Waals surface area (Å²) in [6, 6.07) is 15.0. The molecule has 1 amide bonds. The van der Waals surface area contributed by atoms with Crippen LogP contribution in [0.1, 0.15) is 22.5 Å². The molecular formula is C20H20N4O2. The third kappa shape index (κ3) is 3.06. The number of fused-ring (bicyclic) bond motifs is 1. The van der Waals surface area contributed by atoms with Crippen LogP contribution in [0, 0.1) is 6.92 Å². The van der Waals surface area contributed by atoms with Crippen LogP contribution < -0.4 is 0 Å². The molecule has 1 aliphatic rings. The summed E-state index contributed by atoms with van der Waals surface area (Å²) in [6.45, 7) is 3.05. The van der Waals surface area contributed by atoms with E-state index in [9.17, 15) is 9.90 Å². The van der Waals surface area contributed by atoms with E-state index in [1.165, 1.54) is 0 Å². The largest absolute Gasteiger partial charge is 0.508 e. The van der Waals surface area contributed by atoms with E-state index in [0.717, 1.165) is 34.6 Å². The number of hydrogen-bond donors (Lipinski definition) is 1. The van der Waals surface area contributed by atoms with E-state index in [-0.39, 0.29) is 11.7 Å². The third-order valence-electron chi connectivity index (χ3n) is 4.82. The Morgan fingerprint density at radius 1 is 1.19 bits per heavy atom. The van der Waals surface area contributed by atoms with Crippen molar-refractivity contribution < 1.29 is 9.90 Å². The van der Waals surface area contributed by atoms with Crippen LogP contribution in [0.4, 0.5) is 0 Å². The van der Waals surface area contributed by atoms with Crippen molar-refractivity contribution in [2.45, 2.75) is 26.3 Å². The molecule has 6 nitrogen and oxygen atoms in total. The van der Waals surface area contributed by atoms with Crippen LogP contribution in [0.2, 0.25) is 0 Å². The zero-order valence-electron chi connectivity index (χ0n) is 14.6. The molecule has 0 saturated carbocycles. The summed E-state index contributed by atoms with van der Waals surface area (Å²) >= 11 is 0. The molecule has 0 atom stereocenters. The van der Waals surface area contributed by atoms with Gasteiger partial charge in [0.05, 0.1) is 24.3 Å². The maximum absolute atomic E-state index is 12.7. The molecule has 6 heteroatoms.